The third-order valence-electron chi connectivity index (χ3n) is 7.29. The topological polar surface area (TPSA) is 140 Å². The number of nitrogens with zero attached hydrogens (tertiary/aromatic N) is 3. The van der Waals surface area contributed by atoms with Crippen LogP contribution in [0.15, 0.2) is 41.3 Å². The first kappa shape index (κ1) is 28.6. The van der Waals surface area contributed by atoms with E-state index in [1.807, 2.05) is 19.0 Å². The molecule has 1 unspecified atom stereocenters. The molecule has 218 valence electrons. The van der Waals surface area contributed by atoms with Crippen LogP contribution in [0, 0.1) is 17.6 Å². The van der Waals surface area contributed by atoms with Crippen LogP contribution >= 0.6 is 0 Å². The SMILES string of the molecule is CN(C)c1ccc(C(=O)Nc2n[nH]c3c2CN(S(=O)(=O)c2cc(F)cc(F)c2)CC3)c(NC(=O)C2CCCNC2)c1. The van der Waals surface area contributed by atoms with Crippen LogP contribution in [0.5, 0.6) is 0 Å². The molecule has 5 rings (SSSR count). The van der Waals surface area contributed by atoms with Gasteiger partial charge >= 0.3 is 0 Å². The van der Waals surface area contributed by atoms with Crippen molar-refractivity contribution in [1.82, 2.24) is 19.8 Å². The summed E-state index contributed by atoms with van der Waals surface area (Å²) in [7, 11) is -0.533. The Hall–Kier alpha value is -3.88. The van der Waals surface area contributed by atoms with Crippen molar-refractivity contribution in [3.8, 4) is 0 Å². The van der Waals surface area contributed by atoms with Gasteiger partial charge < -0.3 is 20.9 Å². The fraction of sp³-hybridized carbons (Fsp3) is 0.370. The second-order valence-corrected chi connectivity index (χ2v) is 12.3. The van der Waals surface area contributed by atoms with Crippen molar-refractivity contribution in [2.75, 3.05) is 49.3 Å². The van der Waals surface area contributed by atoms with E-state index in [0.29, 0.717) is 29.6 Å². The molecule has 3 heterocycles. The van der Waals surface area contributed by atoms with Crippen LogP contribution in [0.2, 0.25) is 0 Å². The molecule has 14 heteroatoms. The average molecular weight is 588 g/mol. The Bertz CT molecular complexity index is 1570. The molecule has 1 atom stereocenters. The maximum absolute atomic E-state index is 13.8. The Morgan fingerprint density at radius 2 is 1.85 bits per heavy atom. The molecule has 2 aliphatic rings. The second kappa shape index (κ2) is 11.5. The van der Waals surface area contributed by atoms with E-state index in [-0.39, 0.29) is 42.7 Å². The molecule has 3 aromatic rings. The van der Waals surface area contributed by atoms with Crippen molar-refractivity contribution >= 4 is 39.0 Å². The molecular formula is C27H31F2N7O4S. The van der Waals surface area contributed by atoms with Gasteiger partial charge in [-0.05, 0) is 49.7 Å². The maximum Gasteiger partial charge on any atom is 0.258 e. The summed E-state index contributed by atoms with van der Waals surface area (Å²) in [5, 5.41) is 15.9. The summed E-state index contributed by atoms with van der Waals surface area (Å²) in [6.45, 7) is 1.31. The van der Waals surface area contributed by atoms with E-state index in [1.165, 1.54) is 0 Å². The number of fused-ring (bicyclic) bond motifs is 1. The van der Waals surface area contributed by atoms with Gasteiger partial charge in [0.2, 0.25) is 15.9 Å². The van der Waals surface area contributed by atoms with E-state index in [9.17, 15) is 26.8 Å². The van der Waals surface area contributed by atoms with Gasteiger partial charge in [0.15, 0.2) is 5.82 Å². The van der Waals surface area contributed by atoms with Crippen molar-refractivity contribution in [1.29, 1.82) is 0 Å². The zero-order valence-corrected chi connectivity index (χ0v) is 23.4. The fourth-order valence-electron chi connectivity index (χ4n) is 5.00. The Labute approximate surface area is 236 Å². The lowest BCUT2D eigenvalue weighted by atomic mass is 9.98. The summed E-state index contributed by atoms with van der Waals surface area (Å²) in [4.78, 5) is 27.8. The fourth-order valence-corrected chi connectivity index (χ4v) is 6.45. The largest absolute Gasteiger partial charge is 0.378 e. The second-order valence-electron chi connectivity index (χ2n) is 10.3. The van der Waals surface area contributed by atoms with E-state index >= 15 is 0 Å². The highest BCUT2D eigenvalue weighted by atomic mass is 32.2. The molecule has 1 aromatic heterocycles. The van der Waals surface area contributed by atoms with Crippen molar-refractivity contribution < 1.29 is 26.8 Å². The summed E-state index contributed by atoms with van der Waals surface area (Å²) in [5.41, 5.74) is 2.41. The molecule has 1 saturated heterocycles. The van der Waals surface area contributed by atoms with E-state index in [2.05, 4.69) is 26.1 Å². The molecule has 41 heavy (non-hydrogen) atoms. The van der Waals surface area contributed by atoms with Gasteiger partial charge in [-0.2, -0.15) is 9.40 Å². The number of benzene rings is 2. The number of aromatic amines is 1. The molecule has 2 amide bonds. The number of rotatable bonds is 7. The van der Waals surface area contributed by atoms with Crippen LogP contribution < -0.4 is 20.9 Å². The zero-order chi connectivity index (χ0) is 29.3. The van der Waals surface area contributed by atoms with E-state index < -0.39 is 32.5 Å². The van der Waals surface area contributed by atoms with Crippen LogP contribution in [0.3, 0.4) is 0 Å². The number of piperidine rings is 1. The molecular weight excluding hydrogens is 556 g/mol. The Balaban J connectivity index is 1.38. The number of aromatic nitrogens is 2. The number of carbonyl (C=O) groups excluding carboxylic acids is 2. The third-order valence-corrected chi connectivity index (χ3v) is 9.12. The summed E-state index contributed by atoms with van der Waals surface area (Å²) >= 11 is 0. The Morgan fingerprint density at radius 1 is 1.10 bits per heavy atom. The maximum atomic E-state index is 13.8. The average Bonchev–Trinajstić information content (AvgIpc) is 3.34. The highest BCUT2D eigenvalue weighted by Crippen LogP contribution is 2.30. The molecule has 2 aliphatic heterocycles. The van der Waals surface area contributed by atoms with Gasteiger partial charge in [0.05, 0.1) is 22.1 Å². The summed E-state index contributed by atoms with van der Waals surface area (Å²) < 4.78 is 54.9. The number of halogens is 2. The summed E-state index contributed by atoms with van der Waals surface area (Å²) in [6.07, 6.45) is 1.88. The minimum Gasteiger partial charge on any atom is -0.378 e. The molecule has 0 radical (unpaired) electrons. The minimum absolute atomic E-state index is 0.0568. The normalized spacial score (nSPS) is 17.5. The molecule has 4 N–H and O–H groups in total. The first-order valence-electron chi connectivity index (χ1n) is 13.2. The van der Waals surface area contributed by atoms with E-state index in [1.54, 1.807) is 18.2 Å². The summed E-state index contributed by atoms with van der Waals surface area (Å²) in [5.74, 6) is -2.83. The lowest BCUT2D eigenvalue weighted by molar-refractivity contribution is -0.120. The van der Waals surface area contributed by atoms with Crippen LogP contribution in [0.1, 0.15) is 34.5 Å². The van der Waals surface area contributed by atoms with Gasteiger partial charge in [-0.1, -0.05) is 0 Å². The number of hydrogen-bond donors (Lipinski definition) is 4. The third kappa shape index (κ3) is 6.09. The van der Waals surface area contributed by atoms with Crippen LogP contribution in [0.4, 0.5) is 26.0 Å². The lowest BCUT2D eigenvalue weighted by Gasteiger charge is -2.26. The van der Waals surface area contributed by atoms with Crippen molar-refractivity contribution in [3.63, 3.8) is 0 Å². The van der Waals surface area contributed by atoms with Crippen LogP contribution in [-0.2, 0) is 27.8 Å². The Kier molecular flexibility index (Phi) is 8.07. The molecule has 0 aliphatic carbocycles. The van der Waals surface area contributed by atoms with Gasteiger partial charge in [0, 0.05) is 63.2 Å². The molecule has 2 aromatic carbocycles. The van der Waals surface area contributed by atoms with Crippen LogP contribution in [0.25, 0.3) is 0 Å². The number of carbonyl (C=O) groups is 2. The first-order valence-corrected chi connectivity index (χ1v) is 14.6. The van der Waals surface area contributed by atoms with Gasteiger partial charge in [-0.15, -0.1) is 0 Å². The van der Waals surface area contributed by atoms with Crippen molar-refractivity contribution in [3.05, 3.63) is 64.9 Å². The minimum atomic E-state index is -4.23. The van der Waals surface area contributed by atoms with E-state index in [0.717, 1.165) is 41.5 Å². The molecule has 1 fully saturated rings. The first-order chi connectivity index (χ1) is 19.5. The van der Waals surface area contributed by atoms with Crippen molar-refractivity contribution in [2.45, 2.75) is 30.7 Å². The monoisotopic (exact) mass is 587 g/mol. The van der Waals surface area contributed by atoms with Crippen molar-refractivity contribution in [2.24, 2.45) is 5.92 Å². The number of sulfonamides is 1. The van der Waals surface area contributed by atoms with E-state index in [4.69, 9.17) is 0 Å². The zero-order valence-electron chi connectivity index (χ0n) is 22.6. The summed E-state index contributed by atoms with van der Waals surface area (Å²) in [6, 6.07) is 7.21. The Morgan fingerprint density at radius 3 is 2.54 bits per heavy atom. The molecule has 11 nitrogen and oxygen atoms in total. The van der Waals surface area contributed by atoms with Crippen LogP contribution in [-0.4, -0.2) is 68.5 Å². The quantitative estimate of drug-likeness (QED) is 0.333. The van der Waals surface area contributed by atoms with Gasteiger partial charge in [0.1, 0.15) is 11.6 Å². The van der Waals surface area contributed by atoms with Gasteiger partial charge in [-0.25, -0.2) is 17.2 Å². The highest BCUT2D eigenvalue weighted by molar-refractivity contribution is 7.89. The number of amides is 2. The molecule has 0 bridgehead atoms. The number of H-pyrrole nitrogens is 1. The number of anilines is 3. The molecule has 0 spiro atoms. The predicted octanol–water partition coefficient (Wildman–Crippen LogP) is 2.69. The van der Waals surface area contributed by atoms with Gasteiger partial charge in [0.25, 0.3) is 5.91 Å². The predicted molar refractivity (Wildman–Crippen MR) is 149 cm³/mol. The van der Waals surface area contributed by atoms with Gasteiger partial charge in [-0.3, -0.25) is 14.7 Å². The lowest BCUT2D eigenvalue weighted by Crippen LogP contribution is -2.37. The standard InChI is InChI=1S/C27H31F2N7O4S/c1-35(2)19-5-6-21(24(13-19)31-26(37)16-4-3-8-30-14-16)27(38)32-25-22-15-36(9-7-23(22)33-34-25)41(39,40)20-11-17(28)10-18(29)12-20/h5-6,10-13,16,30H,3-4,7-9,14-15H2,1-2H3,(H,31,37)(H2,32,33,34,38). The highest BCUT2D eigenvalue weighted by Gasteiger charge is 2.32. The number of hydrogen-bond acceptors (Lipinski definition) is 7. The molecule has 0 saturated carbocycles. The number of nitrogens with one attached hydrogen (secondary N) is 4. The smallest absolute Gasteiger partial charge is 0.258 e.